The summed E-state index contributed by atoms with van der Waals surface area (Å²) in [5, 5.41) is 3.59. The number of nitrogens with one attached hydrogen (secondary N) is 1. The predicted molar refractivity (Wildman–Crippen MR) is 75.8 cm³/mol. The van der Waals surface area contributed by atoms with Crippen LogP contribution in [0.15, 0.2) is 24.3 Å². The summed E-state index contributed by atoms with van der Waals surface area (Å²) in [6.07, 6.45) is 6.68. The highest BCUT2D eigenvalue weighted by molar-refractivity contribution is 5.32. The lowest BCUT2D eigenvalue weighted by molar-refractivity contribution is 0.186. The van der Waals surface area contributed by atoms with Gasteiger partial charge < -0.3 is 5.32 Å². The zero-order valence-corrected chi connectivity index (χ0v) is 11.4. The van der Waals surface area contributed by atoms with Gasteiger partial charge in [-0.3, -0.25) is 4.90 Å². The molecule has 1 heterocycles. The van der Waals surface area contributed by atoms with Gasteiger partial charge in [-0.2, -0.15) is 0 Å². The number of likely N-dealkylation sites (tertiary alicyclic amines) is 1. The third-order valence-electron chi connectivity index (χ3n) is 4.64. The van der Waals surface area contributed by atoms with Crippen LogP contribution in [0, 0.1) is 0 Å². The van der Waals surface area contributed by atoms with Gasteiger partial charge in [0, 0.05) is 12.1 Å². The zero-order chi connectivity index (χ0) is 12.4. The minimum Gasteiger partial charge on any atom is -0.312 e. The Morgan fingerprint density at radius 1 is 1.11 bits per heavy atom. The average molecular weight is 244 g/mol. The fourth-order valence-corrected chi connectivity index (χ4v) is 3.76. The first kappa shape index (κ1) is 12.2. The quantitative estimate of drug-likeness (QED) is 0.805. The topological polar surface area (TPSA) is 15.3 Å². The molecule has 0 bridgehead atoms. The first-order valence-corrected chi connectivity index (χ1v) is 7.39. The van der Waals surface area contributed by atoms with Crippen molar-refractivity contribution in [2.75, 3.05) is 20.1 Å². The minimum atomic E-state index is 0.516. The Balaban J connectivity index is 1.91. The van der Waals surface area contributed by atoms with Crippen molar-refractivity contribution in [1.29, 1.82) is 0 Å². The van der Waals surface area contributed by atoms with Gasteiger partial charge in [0.2, 0.25) is 0 Å². The number of nitrogens with zero attached hydrogens (tertiary/aromatic N) is 1. The molecule has 18 heavy (non-hydrogen) atoms. The highest BCUT2D eigenvalue weighted by Gasteiger charge is 2.31. The Labute approximate surface area is 110 Å². The molecule has 1 N–H and O–H groups in total. The molecule has 0 spiro atoms. The van der Waals surface area contributed by atoms with E-state index in [2.05, 4.69) is 41.5 Å². The molecule has 2 atom stereocenters. The standard InChI is InChI=1S/C16H24N2/c1-17-16-14-9-3-2-7-13(14)8-6-10-15(16)18-11-4-5-12-18/h2-3,7,9,15-17H,4-6,8,10-12H2,1H3/t15-,16-/m1/s1. The van der Waals surface area contributed by atoms with Crippen LogP contribution in [0.5, 0.6) is 0 Å². The molecule has 1 fully saturated rings. The van der Waals surface area contributed by atoms with Crippen LogP contribution < -0.4 is 5.32 Å². The summed E-state index contributed by atoms with van der Waals surface area (Å²) in [7, 11) is 2.12. The lowest BCUT2D eigenvalue weighted by atomic mass is 9.95. The van der Waals surface area contributed by atoms with Crippen molar-refractivity contribution in [3.8, 4) is 0 Å². The van der Waals surface area contributed by atoms with Crippen LogP contribution >= 0.6 is 0 Å². The van der Waals surface area contributed by atoms with Crippen LogP contribution in [0.2, 0.25) is 0 Å². The number of rotatable bonds is 2. The molecule has 1 aromatic rings. The van der Waals surface area contributed by atoms with E-state index in [1.54, 1.807) is 5.56 Å². The lowest BCUT2D eigenvalue weighted by Gasteiger charge is -2.34. The second-order valence-electron chi connectivity index (χ2n) is 5.67. The Hall–Kier alpha value is -0.860. The fourth-order valence-electron chi connectivity index (χ4n) is 3.76. The van der Waals surface area contributed by atoms with Gasteiger partial charge in [0.1, 0.15) is 0 Å². The summed E-state index contributed by atoms with van der Waals surface area (Å²) >= 11 is 0. The van der Waals surface area contributed by atoms with Gasteiger partial charge in [0.05, 0.1) is 0 Å². The van der Waals surface area contributed by atoms with Crippen LogP contribution in [-0.4, -0.2) is 31.1 Å². The van der Waals surface area contributed by atoms with Gasteiger partial charge in [0.15, 0.2) is 0 Å². The van der Waals surface area contributed by atoms with E-state index >= 15 is 0 Å². The Morgan fingerprint density at radius 3 is 2.67 bits per heavy atom. The van der Waals surface area contributed by atoms with Crippen molar-refractivity contribution >= 4 is 0 Å². The molecule has 1 aromatic carbocycles. The summed E-state index contributed by atoms with van der Waals surface area (Å²) in [6.45, 7) is 2.59. The largest absolute Gasteiger partial charge is 0.312 e. The average Bonchev–Trinajstić information content (AvgIpc) is 2.86. The number of hydrogen-bond donors (Lipinski definition) is 1. The van der Waals surface area contributed by atoms with Crippen LogP contribution in [0.25, 0.3) is 0 Å². The molecule has 2 aliphatic rings. The maximum atomic E-state index is 3.59. The first-order chi connectivity index (χ1) is 8.90. The molecular weight excluding hydrogens is 220 g/mol. The lowest BCUT2D eigenvalue weighted by Crippen LogP contribution is -2.42. The van der Waals surface area contributed by atoms with Gasteiger partial charge >= 0.3 is 0 Å². The van der Waals surface area contributed by atoms with Crippen molar-refractivity contribution in [3.63, 3.8) is 0 Å². The summed E-state index contributed by atoms with van der Waals surface area (Å²) in [5.41, 5.74) is 3.09. The van der Waals surface area contributed by atoms with Crippen LogP contribution in [0.4, 0.5) is 0 Å². The second-order valence-corrected chi connectivity index (χ2v) is 5.67. The van der Waals surface area contributed by atoms with Crippen molar-refractivity contribution in [3.05, 3.63) is 35.4 Å². The van der Waals surface area contributed by atoms with Gasteiger partial charge in [-0.25, -0.2) is 0 Å². The first-order valence-electron chi connectivity index (χ1n) is 7.39. The number of hydrogen-bond acceptors (Lipinski definition) is 2. The SMILES string of the molecule is CN[C@@H]1c2ccccc2CCC[C@H]1N1CCCC1. The zero-order valence-electron chi connectivity index (χ0n) is 11.4. The van der Waals surface area contributed by atoms with Gasteiger partial charge in [-0.15, -0.1) is 0 Å². The number of benzene rings is 1. The summed E-state index contributed by atoms with van der Waals surface area (Å²) in [6, 6.07) is 10.2. The van der Waals surface area contributed by atoms with Crippen molar-refractivity contribution in [2.24, 2.45) is 0 Å². The van der Waals surface area contributed by atoms with E-state index in [0.717, 1.165) is 0 Å². The number of aryl methyl sites for hydroxylation is 1. The van der Waals surface area contributed by atoms with E-state index in [9.17, 15) is 0 Å². The molecule has 2 nitrogen and oxygen atoms in total. The summed E-state index contributed by atoms with van der Waals surface area (Å²) in [4.78, 5) is 2.71. The molecule has 0 radical (unpaired) electrons. The highest BCUT2D eigenvalue weighted by atomic mass is 15.2. The van der Waals surface area contributed by atoms with E-state index in [1.807, 2.05) is 0 Å². The molecule has 1 aliphatic carbocycles. The van der Waals surface area contributed by atoms with Crippen molar-refractivity contribution in [1.82, 2.24) is 10.2 Å². The molecule has 3 rings (SSSR count). The smallest absolute Gasteiger partial charge is 0.0478 e. The van der Waals surface area contributed by atoms with E-state index in [1.165, 1.54) is 50.8 Å². The Kier molecular flexibility index (Phi) is 3.67. The minimum absolute atomic E-state index is 0.516. The fraction of sp³-hybridized carbons (Fsp3) is 0.625. The summed E-state index contributed by atoms with van der Waals surface area (Å²) < 4.78 is 0. The maximum Gasteiger partial charge on any atom is 0.0478 e. The molecule has 1 saturated heterocycles. The molecule has 0 amide bonds. The normalized spacial score (nSPS) is 28.9. The monoisotopic (exact) mass is 244 g/mol. The van der Waals surface area contributed by atoms with Crippen molar-refractivity contribution < 1.29 is 0 Å². The summed E-state index contributed by atoms with van der Waals surface area (Å²) in [5.74, 6) is 0. The highest BCUT2D eigenvalue weighted by Crippen LogP contribution is 2.33. The number of fused-ring (bicyclic) bond motifs is 1. The van der Waals surface area contributed by atoms with E-state index in [-0.39, 0.29) is 0 Å². The number of likely N-dealkylation sites (N-methyl/N-ethyl adjacent to an activating group) is 1. The Bertz CT molecular complexity index is 396. The second kappa shape index (κ2) is 5.41. The van der Waals surface area contributed by atoms with Gasteiger partial charge in [0.25, 0.3) is 0 Å². The predicted octanol–water partition coefficient (Wildman–Crippen LogP) is 2.75. The molecule has 0 saturated carbocycles. The van der Waals surface area contributed by atoms with E-state index in [0.29, 0.717) is 12.1 Å². The van der Waals surface area contributed by atoms with Crippen LogP contribution in [0.1, 0.15) is 42.9 Å². The molecule has 0 unspecified atom stereocenters. The molecule has 0 aromatic heterocycles. The molecule has 2 heteroatoms. The van der Waals surface area contributed by atoms with E-state index in [4.69, 9.17) is 0 Å². The molecule has 1 aliphatic heterocycles. The third-order valence-corrected chi connectivity index (χ3v) is 4.64. The molecular formula is C16H24N2. The van der Waals surface area contributed by atoms with Gasteiger partial charge in [-0.05, 0) is 63.4 Å². The molecule has 98 valence electrons. The van der Waals surface area contributed by atoms with Crippen LogP contribution in [-0.2, 0) is 6.42 Å². The maximum absolute atomic E-state index is 3.59. The van der Waals surface area contributed by atoms with Crippen LogP contribution in [0.3, 0.4) is 0 Å². The van der Waals surface area contributed by atoms with Crippen molar-refractivity contribution in [2.45, 2.75) is 44.2 Å². The Morgan fingerprint density at radius 2 is 1.89 bits per heavy atom. The van der Waals surface area contributed by atoms with Gasteiger partial charge in [-0.1, -0.05) is 24.3 Å². The van der Waals surface area contributed by atoms with E-state index < -0.39 is 0 Å². The third kappa shape index (κ3) is 2.19.